The highest BCUT2D eigenvalue weighted by atomic mass is 16.5. The molecule has 18 heavy (non-hydrogen) atoms. The third-order valence-electron chi connectivity index (χ3n) is 2.54. The van der Waals surface area contributed by atoms with Crippen molar-refractivity contribution in [2.24, 2.45) is 0 Å². The number of hydrogen-bond donors (Lipinski definition) is 0. The quantitative estimate of drug-likeness (QED) is 0.725. The molecular weight excluding hydrogens is 228 g/mol. The number of Topliss-reactive ketones (excluding diaryl/α,β-unsaturated/α-hetero) is 1. The first-order chi connectivity index (χ1) is 8.36. The van der Waals surface area contributed by atoms with E-state index in [1.54, 1.807) is 26.0 Å². The van der Waals surface area contributed by atoms with Gasteiger partial charge in [0.05, 0.1) is 6.10 Å². The lowest BCUT2D eigenvalue weighted by Gasteiger charge is -2.23. The fourth-order valence-corrected chi connectivity index (χ4v) is 1.73. The molecule has 0 aromatic heterocycles. The lowest BCUT2D eigenvalue weighted by Crippen LogP contribution is -2.35. The van der Waals surface area contributed by atoms with Gasteiger partial charge in [0, 0.05) is 12.2 Å². The molecule has 0 aliphatic carbocycles. The minimum absolute atomic E-state index is 0.0135. The molecule has 1 aromatic carbocycles. The van der Waals surface area contributed by atoms with Crippen LogP contribution < -0.4 is 4.74 Å². The van der Waals surface area contributed by atoms with E-state index in [1.165, 1.54) is 0 Å². The number of ether oxygens (including phenoxy) is 2. The highest BCUT2D eigenvalue weighted by Crippen LogP contribution is 2.20. The van der Waals surface area contributed by atoms with Gasteiger partial charge in [0.25, 0.3) is 0 Å². The standard InChI is InChI=1S/C15H22O3/c1-6-17-15(4,5)14(16)12-7-9-13(10-8-12)18-11(2)3/h7-11H,6H2,1-5H3. The zero-order valence-corrected chi connectivity index (χ0v) is 11.8. The lowest BCUT2D eigenvalue weighted by molar-refractivity contribution is 0.00125. The van der Waals surface area contributed by atoms with E-state index in [9.17, 15) is 4.79 Å². The van der Waals surface area contributed by atoms with Crippen LogP contribution in [0.1, 0.15) is 45.0 Å². The molecule has 0 saturated heterocycles. The topological polar surface area (TPSA) is 35.5 Å². The van der Waals surface area contributed by atoms with Crippen molar-refractivity contribution in [3.63, 3.8) is 0 Å². The second kappa shape index (κ2) is 6.01. The van der Waals surface area contributed by atoms with Gasteiger partial charge in [-0.3, -0.25) is 4.79 Å². The minimum atomic E-state index is -0.783. The first-order valence-electron chi connectivity index (χ1n) is 6.32. The summed E-state index contributed by atoms with van der Waals surface area (Å²) in [6.07, 6.45) is 0.131. The minimum Gasteiger partial charge on any atom is -0.491 e. The number of rotatable bonds is 6. The van der Waals surface area contributed by atoms with Gasteiger partial charge in [0.2, 0.25) is 0 Å². The molecule has 1 rings (SSSR count). The third-order valence-corrected chi connectivity index (χ3v) is 2.54. The van der Waals surface area contributed by atoms with Crippen LogP contribution in [0.5, 0.6) is 5.75 Å². The van der Waals surface area contributed by atoms with E-state index in [4.69, 9.17) is 9.47 Å². The van der Waals surface area contributed by atoms with Gasteiger partial charge in [-0.2, -0.15) is 0 Å². The first kappa shape index (κ1) is 14.7. The van der Waals surface area contributed by atoms with Crippen LogP contribution in [0, 0.1) is 0 Å². The monoisotopic (exact) mass is 250 g/mol. The summed E-state index contributed by atoms with van der Waals surface area (Å²) in [7, 11) is 0. The van der Waals surface area contributed by atoms with E-state index in [0.717, 1.165) is 5.75 Å². The molecule has 100 valence electrons. The average Bonchev–Trinajstić information content (AvgIpc) is 2.28. The van der Waals surface area contributed by atoms with E-state index < -0.39 is 5.60 Å². The Balaban J connectivity index is 2.82. The Morgan fingerprint density at radius 1 is 1.22 bits per heavy atom. The average molecular weight is 250 g/mol. The van der Waals surface area contributed by atoms with Crippen LogP contribution >= 0.6 is 0 Å². The Bertz CT molecular complexity index is 391. The van der Waals surface area contributed by atoms with Gasteiger partial charge in [-0.1, -0.05) is 0 Å². The van der Waals surface area contributed by atoms with Crippen LogP contribution in [0.4, 0.5) is 0 Å². The molecule has 0 fully saturated rings. The largest absolute Gasteiger partial charge is 0.491 e. The summed E-state index contributed by atoms with van der Waals surface area (Å²) in [6.45, 7) is 9.92. The van der Waals surface area contributed by atoms with Gasteiger partial charge < -0.3 is 9.47 Å². The molecule has 0 aliphatic rings. The van der Waals surface area contributed by atoms with Crippen molar-refractivity contribution in [1.29, 1.82) is 0 Å². The van der Waals surface area contributed by atoms with Crippen LogP contribution in [0.2, 0.25) is 0 Å². The number of carbonyl (C=O) groups is 1. The van der Waals surface area contributed by atoms with Gasteiger partial charge in [-0.25, -0.2) is 0 Å². The first-order valence-corrected chi connectivity index (χ1v) is 6.32. The predicted molar refractivity (Wildman–Crippen MR) is 72.2 cm³/mol. The number of carbonyl (C=O) groups excluding carboxylic acids is 1. The smallest absolute Gasteiger partial charge is 0.194 e. The van der Waals surface area contributed by atoms with E-state index in [1.807, 2.05) is 32.9 Å². The summed E-state index contributed by atoms with van der Waals surface area (Å²) in [4.78, 5) is 12.2. The fourth-order valence-electron chi connectivity index (χ4n) is 1.73. The van der Waals surface area contributed by atoms with Crippen LogP contribution in [-0.2, 0) is 4.74 Å². The highest BCUT2D eigenvalue weighted by molar-refractivity contribution is 6.02. The molecule has 0 spiro atoms. The Kier molecular flexibility index (Phi) is 4.91. The summed E-state index contributed by atoms with van der Waals surface area (Å²) >= 11 is 0. The Morgan fingerprint density at radius 2 is 1.78 bits per heavy atom. The van der Waals surface area contributed by atoms with Crippen LogP contribution in [-0.4, -0.2) is 24.1 Å². The summed E-state index contributed by atoms with van der Waals surface area (Å²) in [5.41, 5.74) is -0.139. The molecule has 0 heterocycles. The summed E-state index contributed by atoms with van der Waals surface area (Å²) < 4.78 is 11.0. The zero-order valence-electron chi connectivity index (χ0n) is 11.8. The predicted octanol–water partition coefficient (Wildman–Crippen LogP) is 3.47. The maximum absolute atomic E-state index is 12.2. The van der Waals surface area contributed by atoms with Crippen molar-refractivity contribution in [2.75, 3.05) is 6.61 Å². The Hall–Kier alpha value is -1.35. The molecule has 0 atom stereocenters. The molecule has 3 heteroatoms. The van der Waals surface area contributed by atoms with Gasteiger partial charge in [-0.15, -0.1) is 0 Å². The number of ketones is 1. The summed E-state index contributed by atoms with van der Waals surface area (Å²) in [5, 5.41) is 0. The van der Waals surface area contributed by atoms with Gasteiger partial charge in [0.15, 0.2) is 5.78 Å². The zero-order chi connectivity index (χ0) is 13.8. The molecular formula is C15H22O3. The van der Waals surface area contributed by atoms with E-state index in [0.29, 0.717) is 12.2 Å². The number of benzene rings is 1. The molecule has 0 bridgehead atoms. The normalized spacial score (nSPS) is 11.7. The molecule has 0 saturated carbocycles. The Morgan fingerprint density at radius 3 is 2.22 bits per heavy atom. The third kappa shape index (κ3) is 3.84. The van der Waals surface area contributed by atoms with Crippen LogP contribution in [0.25, 0.3) is 0 Å². The van der Waals surface area contributed by atoms with Crippen molar-refractivity contribution >= 4 is 5.78 Å². The maximum atomic E-state index is 12.2. The second-order valence-corrected chi connectivity index (χ2v) is 4.96. The van der Waals surface area contributed by atoms with Crippen molar-refractivity contribution < 1.29 is 14.3 Å². The lowest BCUT2D eigenvalue weighted by atomic mass is 9.96. The molecule has 0 radical (unpaired) electrons. The van der Waals surface area contributed by atoms with E-state index in [2.05, 4.69) is 0 Å². The van der Waals surface area contributed by atoms with Crippen LogP contribution in [0.3, 0.4) is 0 Å². The molecule has 0 amide bonds. The van der Waals surface area contributed by atoms with Gasteiger partial charge >= 0.3 is 0 Å². The van der Waals surface area contributed by atoms with E-state index in [-0.39, 0.29) is 11.9 Å². The van der Waals surface area contributed by atoms with Crippen molar-refractivity contribution in [3.05, 3.63) is 29.8 Å². The second-order valence-electron chi connectivity index (χ2n) is 4.96. The van der Waals surface area contributed by atoms with Gasteiger partial charge in [0.1, 0.15) is 11.4 Å². The highest BCUT2D eigenvalue weighted by Gasteiger charge is 2.28. The van der Waals surface area contributed by atoms with Gasteiger partial charge in [-0.05, 0) is 58.9 Å². The maximum Gasteiger partial charge on any atom is 0.194 e. The molecule has 3 nitrogen and oxygen atoms in total. The van der Waals surface area contributed by atoms with Crippen molar-refractivity contribution in [2.45, 2.75) is 46.3 Å². The number of hydrogen-bond acceptors (Lipinski definition) is 3. The molecule has 1 aromatic rings. The van der Waals surface area contributed by atoms with E-state index >= 15 is 0 Å². The summed E-state index contributed by atoms with van der Waals surface area (Å²) in [5.74, 6) is 0.760. The fraction of sp³-hybridized carbons (Fsp3) is 0.533. The van der Waals surface area contributed by atoms with Crippen molar-refractivity contribution in [3.8, 4) is 5.75 Å². The molecule has 0 N–H and O–H groups in total. The van der Waals surface area contributed by atoms with Crippen LogP contribution in [0.15, 0.2) is 24.3 Å². The molecule has 0 aliphatic heterocycles. The van der Waals surface area contributed by atoms with Crippen molar-refractivity contribution in [1.82, 2.24) is 0 Å². The molecule has 0 unspecified atom stereocenters. The summed E-state index contributed by atoms with van der Waals surface area (Å²) in [6, 6.07) is 7.19. The SMILES string of the molecule is CCOC(C)(C)C(=O)c1ccc(OC(C)C)cc1. The Labute approximate surface area is 109 Å².